The predicted octanol–water partition coefficient (Wildman–Crippen LogP) is 1.62. The average Bonchev–Trinajstić information content (AvgIpc) is 2.94. The topological polar surface area (TPSA) is 90.9 Å². The lowest BCUT2D eigenvalue weighted by atomic mass is 10.1. The minimum Gasteiger partial charge on any atom is -0.348 e. The Kier molecular flexibility index (Phi) is 5.12. The van der Waals surface area contributed by atoms with E-state index >= 15 is 0 Å². The number of imidazole rings is 1. The zero-order valence-electron chi connectivity index (χ0n) is 14.9. The first-order chi connectivity index (χ1) is 12.7. The van der Waals surface area contributed by atoms with Gasteiger partial charge in [0, 0.05) is 19.1 Å². The average molecular weight is 410 g/mol. The first-order valence-corrected chi connectivity index (χ1v) is 8.83. The fraction of sp³-hybridized carbons (Fsp3) is 0.294. The van der Waals surface area contributed by atoms with Crippen molar-refractivity contribution in [1.29, 1.82) is 0 Å². The molecule has 0 saturated carbocycles. The van der Waals surface area contributed by atoms with Gasteiger partial charge in [0.1, 0.15) is 6.54 Å². The molecule has 0 spiro atoms. The molecule has 3 aromatic rings. The van der Waals surface area contributed by atoms with Crippen molar-refractivity contribution in [1.82, 2.24) is 24.0 Å². The Morgan fingerprint density at radius 1 is 1.22 bits per heavy atom. The molecule has 1 unspecified atom stereocenters. The Bertz CT molecular complexity index is 1160. The molecule has 8 nitrogen and oxygen atoms in total. The van der Waals surface area contributed by atoms with Gasteiger partial charge in [0.25, 0.3) is 5.56 Å². The maximum atomic E-state index is 12.5. The highest BCUT2D eigenvalue weighted by Crippen LogP contribution is 2.18. The molecule has 1 amide bonds. The monoisotopic (exact) mass is 409 g/mol. The molecule has 27 heavy (non-hydrogen) atoms. The van der Waals surface area contributed by atoms with Gasteiger partial charge >= 0.3 is 5.69 Å². The van der Waals surface area contributed by atoms with Crippen molar-refractivity contribution in [3.05, 3.63) is 61.0 Å². The fourth-order valence-electron chi connectivity index (χ4n) is 2.85. The van der Waals surface area contributed by atoms with Gasteiger partial charge in [-0.25, -0.2) is 4.79 Å². The van der Waals surface area contributed by atoms with E-state index in [0.29, 0.717) is 5.02 Å². The maximum Gasteiger partial charge on any atom is 0.332 e. The number of benzene rings is 1. The largest absolute Gasteiger partial charge is 0.348 e. The number of aromatic nitrogens is 4. The smallest absolute Gasteiger partial charge is 0.332 e. The number of fused-ring (bicyclic) bond motifs is 1. The van der Waals surface area contributed by atoms with Crippen LogP contribution >= 0.6 is 23.2 Å². The highest BCUT2D eigenvalue weighted by Gasteiger charge is 2.20. The highest BCUT2D eigenvalue weighted by molar-refractivity contribution is 6.30. The zero-order chi connectivity index (χ0) is 19.9. The Balaban J connectivity index is 1.93. The van der Waals surface area contributed by atoms with Gasteiger partial charge in [-0.15, -0.1) is 0 Å². The second-order valence-corrected chi connectivity index (χ2v) is 6.96. The van der Waals surface area contributed by atoms with Gasteiger partial charge in [-0.2, -0.15) is 4.98 Å². The minimum absolute atomic E-state index is 0.0474. The normalized spacial score (nSPS) is 12.3. The van der Waals surface area contributed by atoms with E-state index in [2.05, 4.69) is 10.3 Å². The standard InChI is InChI=1S/C17H17Cl2N5O3/c1-9(10-5-4-6-11(18)7-10)20-12(25)8-24-13-14(21-16(24)19)22(2)17(27)23(3)15(13)26/h4-7,9H,8H2,1-3H3,(H,20,25). The summed E-state index contributed by atoms with van der Waals surface area (Å²) in [5.41, 5.74) is -0.0225. The summed E-state index contributed by atoms with van der Waals surface area (Å²) in [5.74, 6) is -0.361. The van der Waals surface area contributed by atoms with E-state index < -0.39 is 11.2 Å². The molecule has 0 bridgehead atoms. The molecular weight excluding hydrogens is 393 g/mol. The van der Waals surface area contributed by atoms with Gasteiger partial charge in [-0.1, -0.05) is 23.7 Å². The van der Waals surface area contributed by atoms with E-state index in [1.54, 1.807) is 18.2 Å². The van der Waals surface area contributed by atoms with Gasteiger partial charge in [0.05, 0.1) is 6.04 Å². The van der Waals surface area contributed by atoms with Crippen LogP contribution in [0.15, 0.2) is 33.9 Å². The van der Waals surface area contributed by atoms with Crippen molar-refractivity contribution in [2.24, 2.45) is 14.1 Å². The number of carbonyl (C=O) groups excluding carboxylic acids is 1. The van der Waals surface area contributed by atoms with Crippen LogP contribution in [0.3, 0.4) is 0 Å². The predicted molar refractivity (Wildman–Crippen MR) is 103 cm³/mol. The van der Waals surface area contributed by atoms with E-state index in [9.17, 15) is 14.4 Å². The summed E-state index contributed by atoms with van der Waals surface area (Å²) in [4.78, 5) is 41.1. The van der Waals surface area contributed by atoms with Crippen LogP contribution in [0.4, 0.5) is 0 Å². The molecular formula is C17H17Cl2N5O3. The van der Waals surface area contributed by atoms with Crippen molar-refractivity contribution in [2.45, 2.75) is 19.5 Å². The molecule has 1 N–H and O–H groups in total. The van der Waals surface area contributed by atoms with Crippen molar-refractivity contribution in [2.75, 3.05) is 0 Å². The molecule has 10 heteroatoms. The number of amides is 1. The number of hydrogen-bond acceptors (Lipinski definition) is 4. The van der Waals surface area contributed by atoms with Crippen molar-refractivity contribution in [3.63, 3.8) is 0 Å². The number of nitrogens with one attached hydrogen (secondary N) is 1. The van der Waals surface area contributed by atoms with Crippen LogP contribution in [0, 0.1) is 0 Å². The quantitative estimate of drug-likeness (QED) is 0.662. The molecule has 2 aromatic heterocycles. The van der Waals surface area contributed by atoms with E-state index in [0.717, 1.165) is 10.1 Å². The summed E-state index contributed by atoms with van der Waals surface area (Å²) >= 11 is 12.1. The van der Waals surface area contributed by atoms with Crippen LogP contribution in [0.1, 0.15) is 18.5 Å². The minimum atomic E-state index is -0.566. The van der Waals surface area contributed by atoms with Crippen LogP contribution in [-0.2, 0) is 25.4 Å². The van der Waals surface area contributed by atoms with Gasteiger partial charge < -0.3 is 5.32 Å². The number of hydrogen-bond donors (Lipinski definition) is 1. The Hall–Kier alpha value is -2.58. The molecule has 0 radical (unpaired) electrons. The molecule has 1 atom stereocenters. The van der Waals surface area contributed by atoms with E-state index in [4.69, 9.17) is 23.2 Å². The van der Waals surface area contributed by atoms with Crippen LogP contribution in [-0.4, -0.2) is 24.6 Å². The molecule has 2 heterocycles. The maximum absolute atomic E-state index is 12.5. The molecule has 0 aliphatic rings. The lowest BCUT2D eigenvalue weighted by molar-refractivity contribution is -0.122. The molecule has 142 valence electrons. The molecule has 0 saturated heterocycles. The first-order valence-electron chi connectivity index (χ1n) is 8.07. The summed E-state index contributed by atoms with van der Waals surface area (Å²) in [7, 11) is 2.84. The number of rotatable bonds is 4. The number of halogens is 2. The van der Waals surface area contributed by atoms with Crippen molar-refractivity contribution < 1.29 is 4.79 Å². The molecule has 1 aromatic carbocycles. The highest BCUT2D eigenvalue weighted by atomic mass is 35.5. The molecule has 0 fully saturated rings. The third-order valence-electron chi connectivity index (χ3n) is 4.33. The zero-order valence-corrected chi connectivity index (χ0v) is 16.4. The second kappa shape index (κ2) is 7.21. The van der Waals surface area contributed by atoms with Crippen LogP contribution in [0.5, 0.6) is 0 Å². The number of carbonyl (C=O) groups is 1. The molecule has 0 aliphatic heterocycles. The van der Waals surface area contributed by atoms with Gasteiger partial charge in [-0.3, -0.25) is 23.3 Å². The lowest BCUT2D eigenvalue weighted by Gasteiger charge is -2.15. The van der Waals surface area contributed by atoms with Gasteiger partial charge in [0.2, 0.25) is 11.2 Å². The molecule has 0 aliphatic carbocycles. The third-order valence-corrected chi connectivity index (χ3v) is 4.85. The number of aryl methyl sites for hydroxylation is 1. The fourth-order valence-corrected chi connectivity index (χ4v) is 3.28. The summed E-state index contributed by atoms with van der Waals surface area (Å²) in [6, 6.07) is 6.86. The van der Waals surface area contributed by atoms with Gasteiger partial charge in [-0.05, 0) is 36.2 Å². The van der Waals surface area contributed by atoms with Crippen LogP contribution < -0.4 is 16.6 Å². The summed E-state index contributed by atoms with van der Waals surface area (Å²) in [6.45, 7) is 1.60. The van der Waals surface area contributed by atoms with Crippen LogP contribution in [0.25, 0.3) is 11.2 Å². The summed E-state index contributed by atoms with van der Waals surface area (Å²) in [6.07, 6.45) is 0. The van der Waals surface area contributed by atoms with Crippen molar-refractivity contribution in [3.8, 4) is 0 Å². The SMILES string of the molecule is CC(NC(=O)Cn1c(Cl)nc2c1c(=O)n(C)c(=O)n2C)c1cccc(Cl)c1. The van der Waals surface area contributed by atoms with E-state index in [1.165, 1.54) is 23.2 Å². The molecule has 3 rings (SSSR count). The van der Waals surface area contributed by atoms with E-state index in [1.807, 2.05) is 13.0 Å². The Labute approximate surface area is 163 Å². The van der Waals surface area contributed by atoms with Crippen molar-refractivity contribution >= 4 is 40.3 Å². The van der Waals surface area contributed by atoms with Crippen LogP contribution in [0.2, 0.25) is 10.3 Å². The third kappa shape index (κ3) is 3.50. The lowest BCUT2D eigenvalue weighted by Crippen LogP contribution is -2.38. The van der Waals surface area contributed by atoms with E-state index in [-0.39, 0.29) is 34.9 Å². The van der Waals surface area contributed by atoms with Gasteiger partial charge in [0.15, 0.2) is 11.2 Å². The Morgan fingerprint density at radius 2 is 1.93 bits per heavy atom. The summed E-state index contributed by atoms with van der Waals surface area (Å²) < 4.78 is 3.45. The summed E-state index contributed by atoms with van der Waals surface area (Å²) in [5, 5.41) is 3.36. The number of nitrogens with zero attached hydrogens (tertiary/aromatic N) is 4. The first kappa shape index (κ1) is 19.2. The Morgan fingerprint density at radius 3 is 2.59 bits per heavy atom. The second-order valence-electron chi connectivity index (χ2n) is 6.19.